The summed E-state index contributed by atoms with van der Waals surface area (Å²) in [6, 6.07) is 9.39. The summed E-state index contributed by atoms with van der Waals surface area (Å²) in [7, 11) is 0. The molecule has 0 aliphatic carbocycles. The van der Waals surface area contributed by atoms with Crippen LogP contribution in [0.5, 0.6) is 0 Å². The Kier molecular flexibility index (Phi) is 6.43. The SMILES string of the molecule is CCOC(=O)[C@H](C)/C(C)=N/NC(=O)Cc1ccccc1. The molecule has 5 nitrogen and oxygen atoms in total. The van der Waals surface area contributed by atoms with Gasteiger partial charge >= 0.3 is 5.97 Å². The van der Waals surface area contributed by atoms with Crippen molar-refractivity contribution in [1.82, 2.24) is 5.43 Å². The van der Waals surface area contributed by atoms with Gasteiger partial charge < -0.3 is 4.74 Å². The molecular weight excluding hydrogens is 256 g/mol. The van der Waals surface area contributed by atoms with E-state index in [9.17, 15) is 9.59 Å². The maximum absolute atomic E-state index is 11.7. The summed E-state index contributed by atoms with van der Waals surface area (Å²) in [5.41, 5.74) is 3.88. The number of esters is 1. The van der Waals surface area contributed by atoms with E-state index in [4.69, 9.17) is 4.74 Å². The molecule has 0 aliphatic heterocycles. The third kappa shape index (κ3) is 5.22. The number of ether oxygens (including phenoxy) is 1. The van der Waals surface area contributed by atoms with E-state index in [-0.39, 0.29) is 18.3 Å². The van der Waals surface area contributed by atoms with Crippen LogP contribution in [-0.2, 0) is 20.7 Å². The van der Waals surface area contributed by atoms with Crippen molar-refractivity contribution in [2.45, 2.75) is 27.2 Å². The zero-order chi connectivity index (χ0) is 15.0. The second-order valence-electron chi connectivity index (χ2n) is 4.42. The van der Waals surface area contributed by atoms with Gasteiger partial charge in [-0.2, -0.15) is 5.10 Å². The van der Waals surface area contributed by atoms with E-state index < -0.39 is 5.92 Å². The second kappa shape index (κ2) is 8.09. The molecule has 0 saturated heterocycles. The predicted octanol–water partition coefficient (Wildman–Crippen LogP) is 1.92. The molecule has 108 valence electrons. The molecule has 1 N–H and O–H groups in total. The minimum atomic E-state index is -0.466. The minimum Gasteiger partial charge on any atom is -0.465 e. The smallest absolute Gasteiger partial charge is 0.314 e. The van der Waals surface area contributed by atoms with Gasteiger partial charge in [0.2, 0.25) is 5.91 Å². The molecule has 0 spiro atoms. The Labute approximate surface area is 119 Å². The summed E-state index contributed by atoms with van der Waals surface area (Å²) < 4.78 is 4.89. The summed E-state index contributed by atoms with van der Waals surface area (Å²) >= 11 is 0. The van der Waals surface area contributed by atoms with Crippen molar-refractivity contribution in [1.29, 1.82) is 0 Å². The van der Waals surface area contributed by atoms with Crippen LogP contribution in [-0.4, -0.2) is 24.2 Å². The average molecular weight is 276 g/mol. The van der Waals surface area contributed by atoms with Crippen LogP contribution in [0.25, 0.3) is 0 Å². The van der Waals surface area contributed by atoms with Crippen LogP contribution in [0.15, 0.2) is 35.4 Å². The lowest BCUT2D eigenvalue weighted by molar-refractivity contribution is -0.145. The lowest BCUT2D eigenvalue weighted by Crippen LogP contribution is -2.26. The van der Waals surface area contributed by atoms with E-state index in [1.807, 2.05) is 30.3 Å². The summed E-state index contributed by atoms with van der Waals surface area (Å²) in [4.78, 5) is 23.2. The van der Waals surface area contributed by atoms with Gasteiger partial charge in [-0.15, -0.1) is 0 Å². The first-order valence-electron chi connectivity index (χ1n) is 6.58. The standard InChI is InChI=1S/C15H20N2O3/c1-4-20-15(19)11(2)12(3)16-17-14(18)10-13-8-6-5-7-9-13/h5-9,11H,4,10H2,1-3H3,(H,17,18)/b16-12+/t11-/m1/s1. The molecular formula is C15H20N2O3. The lowest BCUT2D eigenvalue weighted by Gasteiger charge is -2.10. The van der Waals surface area contributed by atoms with Gasteiger partial charge in [-0.3, -0.25) is 9.59 Å². The molecule has 0 bridgehead atoms. The minimum absolute atomic E-state index is 0.216. The van der Waals surface area contributed by atoms with Crippen LogP contribution < -0.4 is 5.43 Å². The van der Waals surface area contributed by atoms with Crippen molar-refractivity contribution in [3.05, 3.63) is 35.9 Å². The highest BCUT2D eigenvalue weighted by Crippen LogP contribution is 2.02. The van der Waals surface area contributed by atoms with Crippen LogP contribution in [0, 0.1) is 5.92 Å². The number of rotatable bonds is 6. The number of nitrogens with zero attached hydrogens (tertiary/aromatic N) is 1. The number of hydrazone groups is 1. The average Bonchev–Trinajstić information content (AvgIpc) is 2.45. The molecule has 5 heteroatoms. The van der Waals surface area contributed by atoms with Crippen LogP contribution >= 0.6 is 0 Å². The first kappa shape index (κ1) is 15.9. The molecule has 0 heterocycles. The largest absolute Gasteiger partial charge is 0.465 e. The normalized spacial score (nSPS) is 12.7. The summed E-state index contributed by atoms with van der Waals surface area (Å²) in [6.07, 6.45) is 0.255. The lowest BCUT2D eigenvalue weighted by atomic mass is 10.1. The molecule has 0 fully saturated rings. The summed E-state index contributed by atoms with van der Waals surface area (Å²) in [6.45, 7) is 5.46. The van der Waals surface area contributed by atoms with Gasteiger partial charge in [0.25, 0.3) is 0 Å². The van der Waals surface area contributed by atoms with Crippen LogP contribution in [0.4, 0.5) is 0 Å². The number of hydrogen-bond acceptors (Lipinski definition) is 4. The number of hydrogen-bond donors (Lipinski definition) is 1. The van der Waals surface area contributed by atoms with Crippen molar-refractivity contribution < 1.29 is 14.3 Å². The van der Waals surface area contributed by atoms with Crippen LogP contribution in [0.3, 0.4) is 0 Å². The third-order valence-corrected chi connectivity index (χ3v) is 2.83. The molecule has 20 heavy (non-hydrogen) atoms. The van der Waals surface area contributed by atoms with Gasteiger partial charge in [-0.05, 0) is 26.3 Å². The number of carbonyl (C=O) groups excluding carboxylic acids is 2. The van der Waals surface area contributed by atoms with E-state index in [1.165, 1.54) is 0 Å². The van der Waals surface area contributed by atoms with Crippen molar-refractivity contribution in [3.63, 3.8) is 0 Å². The Morgan fingerprint density at radius 3 is 2.55 bits per heavy atom. The van der Waals surface area contributed by atoms with E-state index in [0.717, 1.165) is 5.56 Å². The molecule has 1 atom stereocenters. The van der Waals surface area contributed by atoms with Crippen LogP contribution in [0.1, 0.15) is 26.3 Å². The molecule has 1 aromatic carbocycles. The first-order valence-corrected chi connectivity index (χ1v) is 6.58. The van der Waals surface area contributed by atoms with E-state index in [0.29, 0.717) is 12.3 Å². The van der Waals surface area contributed by atoms with Crippen molar-refractivity contribution >= 4 is 17.6 Å². The van der Waals surface area contributed by atoms with E-state index in [1.54, 1.807) is 20.8 Å². The molecule has 1 amide bonds. The van der Waals surface area contributed by atoms with Crippen LogP contribution in [0.2, 0.25) is 0 Å². The van der Waals surface area contributed by atoms with Gasteiger partial charge in [0.05, 0.1) is 18.9 Å². The van der Waals surface area contributed by atoms with Crippen molar-refractivity contribution in [2.75, 3.05) is 6.61 Å². The fraction of sp³-hybridized carbons (Fsp3) is 0.400. The number of carbonyl (C=O) groups is 2. The molecule has 1 aromatic rings. The Morgan fingerprint density at radius 2 is 1.95 bits per heavy atom. The van der Waals surface area contributed by atoms with Gasteiger partial charge in [0.1, 0.15) is 0 Å². The highest BCUT2D eigenvalue weighted by molar-refractivity contribution is 6.00. The Balaban J connectivity index is 2.50. The fourth-order valence-electron chi connectivity index (χ4n) is 1.51. The zero-order valence-corrected chi connectivity index (χ0v) is 12.1. The maximum atomic E-state index is 11.7. The van der Waals surface area contributed by atoms with Crippen molar-refractivity contribution in [3.8, 4) is 0 Å². The number of benzene rings is 1. The van der Waals surface area contributed by atoms with Crippen molar-refractivity contribution in [2.24, 2.45) is 11.0 Å². The topological polar surface area (TPSA) is 67.8 Å². The summed E-state index contributed by atoms with van der Waals surface area (Å²) in [5, 5.41) is 3.94. The third-order valence-electron chi connectivity index (χ3n) is 2.83. The first-order chi connectivity index (χ1) is 9.54. The predicted molar refractivity (Wildman–Crippen MR) is 77.2 cm³/mol. The molecule has 0 saturated carbocycles. The quantitative estimate of drug-likeness (QED) is 0.490. The maximum Gasteiger partial charge on any atom is 0.314 e. The zero-order valence-electron chi connectivity index (χ0n) is 12.1. The molecule has 0 unspecified atom stereocenters. The second-order valence-corrected chi connectivity index (χ2v) is 4.42. The molecule has 0 radical (unpaired) electrons. The number of nitrogens with one attached hydrogen (secondary N) is 1. The van der Waals surface area contributed by atoms with Gasteiger partial charge in [-0.1, -0.05) is 30.3 Å². The molecule has 0 aromatic heterocycles. The Morgan fingerprint density at radius 1 is 1.30 bits per heavy atom. The highest BCUT2D eigenvalue weighted by Gasteiger charge is 2.17. The molecule has 0 aliphatic rings. The molecule has 1 rings (SSSR count). The monoisotopic (exact) mass is 276 g/mol. The van der Waals surface area contributed by atoms with Gasteiger partial charge in [-0.25, -0.2) is 5.43 Å². The van der Waals surface area contributed by atoms with Gasteiger partial charge in [0, 0.05) is 5.71 Å². The number of amides is 1. The van der Waals surface area contributed by atoms with E-state index in [2.05, 4.69) is 10.5 Å². The van der Waals surface area contributed by atoms with E-state index >= 15 is 0 Å². The fourth-order valence-corrected chi connectivity index (χ4v) is 1.51. The Hall–Kier alpha value is -2.17. The van der Waals surface area contributed by atoms with Gasteiger partial charge in [0.15, 0.2) is 0 Å². The Bertz CT molecular complexity index is 483. The summed E-state index contributed by atoms with van der Waals surface area (Å²) in [5.74, 6) is -1.02. The highest BCUT2D eigenvalue weighted by atomic mass is 16.5.